The second kappa shape index (κ2) is 4.46. The molecule has 3 rings (SSSR count). The molecule has 0 saturated heterocycles. The van der Waals surface area contributed by atoms with E-state index in [2.05, 4.69) is 41.1 Å². The Balaban J connectivity index is 1.91. The average Bonchev–Trinajstić information content (AvgIpc) is 2.83. The molecule has 88 valence electrons. The van der Waals surface area contributed by atoms with Gasteiger partial charge in [0.05, 0.1) is 24.6 Å². The van der Waals surface area contributed by atoms with E-state index in [1.54, 1.807) is 7.11 Å². The van der Waals surface area contributed by atoms with Crippen LogP contribution in [0.3, 0.4) is 0 Å². The second-order valence-corrected chi connectivity index (χ2v) is 4.19. The molecule has 0 radical (unpaired) electrons. The van der Waals surface area contributed by atoms with Crippen molar-refractivity contribution in [1.29, 1.82) is 0 Å². The maximum atomic E-state index is 5.15. The Bertz CT molecular complexity index is 652. The van der Waals surface area contributed by atoms with Gasteiger partial charge in [-0.3, -0.25) is 4.57 Å². The van der Waals surface area contributed by atoms with Crippen molar-refractivity contribution >= 4 is 10.9 Å². The molecular formula is C16H13NO. The van der Waals surface area contributed by atoms with E-state index in [-0.39, 0.29) is 0 Å². The molecule has 18 heavy (non-hydrogen) atoms. The SMILES string of the molecule is COc1ccc(Cn2c#cc3ccccc32)cc1. The molecule has 0 atom stereocenters. The lowest BCUT2D eigenvalue weighted by molar-refractivity contribution is 0.414. The van der Waals surface area contributed by atoms with Crippen LogP contribution < -0.4 is 4.74 Å². The fraction of sp³-hybridized carbons (Fsp3) is 0.125. The van der Waals surface area contributed by atoms with Gasteiger partial charge in [-0.2, -0.15) is 0 Å². The van der Waals surface area contributed by atoms with Gasteiger partial charge in [0.1, 0.15) is 5.75 Å². The zero-order valence-electron chi connectivity index (χ0n) is 10.2. The molecule has 0 fully saturated rings. The summed E-state index contributed by atoms with van der Waals surface area (Å²) in [5.41, 5.74) is 2.38. The Morgan fingerprint density at radius 1 is 1.06 bits per heavy atom. The van der Waals surface area contributed by atoms with Crippen molar-refractivity contribution in [3.8, 4) is 5.75 Å². The summed E-state index contributed by atoms with van der Waals surface area (Å²) in [6.45, 7) is 0.800. The van der Waals surface area contributed by atoms with Crippen LogP contribution in [0.25, 0.3) is 10.9 Å². The number of aromatic nitrogens is 1. The molecule has 2 aromatic carbocycles. The van der Waals surface area contributed by atoms with E-state index < -0.39 is 0 Å². The summed E-state index contributed by atoms with van der Waals surface area (Å²) in [5, 5.41) is 1.10. The lowest BCUT2D eigenvalue weighted by Gasteiger charge is -2.05. The first-order chi connectivity index (χ1) is 8.86. The zero-order chi connectivity index (χ0) is 12.4. The summed E-state index contributed by atoms with van der Waals surface area (Å²) in [6, 6.07) is 19.4. The number of hydrogen-bond donors (Lipinski definition) is 0. The number of ether oxygens (including phenoxy) is 1. The van der Waals surface area contributed by atoms with Crippen LogP contribution in [-0.4, -0.2) is 11.7 Å². The third kappa shape index (κ3) is 1.91. The highest BCUT2D eigenvalue weighted by Gasteiger charge is 2.00. The Kier molecular flexibility index (Phi) is 2.66. The first kappa shape index (κ1) is 10.7. The number of fused-ring (bicyclic) bond motifs is 1. The van der Waals surface area contributed by atoms with Crippen LogP contribution in [-0.2, 0) is 6.54 Å². The molecule has 0 aliphatic carbocycles. The van der Waals surface area contributed by atoms with Gasteiger partial charge in [0.25, 0.3) is 0 Å². The molecule has 0 amide bonds. The van der Waals surface area contributed by atoms with Crippen LogP contribution in [0.1, 0.15) is 5.56 Å². The summed E-state index contributed by atoms with van der Waals surface area (Å²) in [5.74, 6) is 0.881. The van der Waals surface area contributed by atoms with Gasteiger partial charge in [-0.15, -0.1) is 0 Å². The molecule has 2 heteroatoms. The number of methoxy groups -OCH3 is 1. The van der Waals surface area contributed by atoms with Gasteiger partial charge >= 0.3 is 0 Å². The Labute approximate surface area is 106 Å². The summed E-state index contributed by atoms with van der Waals surface area (Å²) < 4.78 is 7.23. The fourth-order valence-electron chi connectivity index (χ4n) is 2.04. The number of rotatable bonds is 3. The third-order valence-corrected chi connectivity index (χ3v) is 3.02. The van der Waals surface area contributed by atoms with E-state index in [1.807, 2.05) is 24.3 Å². The summed E-state index contributed by atoms with van der Waals surface area (Å²) in [6.07, 6.45) is 3.15. The van der Waals surface area contributed by atoms with E-state index >= 15 is 0 Å². The second-order valence-electron chi connectivity index (χ2n) is 4.19. The van der Waals surface area contributed by atoms with E-state index in [4.69, 9.17) is 4.74 Å². The predicted molar refractivity (Wildman–Crippen MR) is 71.7 cm³/mol. The van der Waals surface area contributed by atoms with E-state index in [0.717, 1.165) is 23.2 Å². The topological polar surface area (TPSA) is 14.2 Å². The molecular weight excluding hydrogens is 222 g/mol. The minimum Gasteiger partial charge on any atom is -0.497 e. The van der Waals surface area contributed by atoms with Crippen LogP contribution in [0.2, 0.25) is 0 Å². The fourth-order valence-corrected chi connectivity index (χ4v) is 2.04. The zero-order valence-corrected chi connectivity index (χ0v) is 10.2. The quantitative estimate of drug-likeness (QED) is 0.679. The monoisotopic (exact) mass is 235 g/mol. The van der Waals surface area contributed by atoms with Crippen molar-refractivity contribution in [2.45, 2.75) is 6.54 Å². The minimum atomic E-state index is 0.800. The number of hydrogen-bond acceptors (Lipinski definition) is 1. The molecule has 0 spiro atoms. The van der Waals surface area contributed by atoms with E-state index in [1.165, 1.54) is 5.56 Å². The average molecular weight is 235 g/mol. The normalized spacial score (nSPS) is 10.3. The molecule has 0 bridgehead atoms. The Hall–Kier alpha value is -2.40. The third-order valence-electron chi connectivity index (χ3n) is 3.02. The summed E-state index contributed by atoms with van der Waals surface area (Å²) in [4.78, 5) is 0. The van der Waals surface area contributed by atoms with Gasteiger partial charge in [-0.1, -0.05) is 24.3 Å². The van der Waals surface area contributed by atoms with Gasteiger partial charge in [-0.25, -0.2) is 0 Å². The van der Waals surface area contributed by atoms with Crippen molar-refractivity contribution in [2.75, 3.05) is 7.11 Å². The molecule has 3 aromatic rings. The standard InChI is InChI=1S/C16H13NO/c1-18-15-8-6-13(7-9-15)12-17-11-10-14-4-2-3-5-16(14)17/h2-9H,12H2,1H3. The summed E-state index contributed by atoms with van der Waals surface area (Å²) in [7, 11) is 1.68. The van der Waals surface area contributed by atoms with Crippen molar-refractivity contribution in [2.24, 2.45) is 0 Å². The molecule has 1 aromatic heterocycles. The van der Waals surface area contributed by atoms with Crippen LogP contribution >= 0.6 is 0 Å². The van der Waals surface area contributed by atoms with Gasteiger partial charge in [0.15, 0.2) is 0 Å². The molecule has 2 nitrogen and oxygen atoms in total. The highest BCUT2D eigenvalue weighted by molar-refractivity contribution is 5.77. The lowest BCUT2D eigenvalue weighted by atomic mass is 10.2. The summed E-state index contributed by atoms with van der Waals surface area (Å²) >= 11 is 0. The van der Waals surface area contributed by atoms with Crippen LogP contribution in [0.15, 0.2) is 48.5 Å². The smallest absolute Gasteiger partial charge is 0.118 e. The molecule has 0 saturated carbocycles. The largest absolute Gasteiger partial charge is 0.497 e. The highest BCUT2D eigenvalue weighted by Crippen LogP contribution is 2.15. The first-order valence-corrected chi connectivity index (χ1v) is 5.88. The minimum absolute atomic E-state index is 0.800. The van der Waals surface area contributed by atoms with Gasteiger partial charge < -0.3 is 4.74 Å². The molecule has 0 N–H and O–H groups in total. The van der Waals surface area contributed by atoms with E-state index in [0.29, 0.717) is 0 Å². The lowest BCUT2D eigenvalue weighted by Crippen LogP contribution is -1.97. The van der Waals surface area contributed by atoms with Gasteiger partial charge in [0.2, 0.25) is 0 Å². The van der Waals surface area contributed by atoms with Crippen LogP contribution in [0.5, 0.6) is 5.75 Å². The van der Waals surface area contributed by atoms with Gasteiger partial charge in [0, 0.05) is 6.20 Å². The predicted octanol–water partition coefficient (Wildman–Crippen LogP) is 3.30. The Morgan fingerprint density at radius 3 is 2.61 bits per heavy atom. The number of para-hydroxylation sites is 1. The van der Waals surface area contributed by atoms with Gasteiger partial charge in [-0.05, 0) is 35.9 Å². The number of nitrogens with zero attached hydrogens (tertiary/aromatic N) is 1. The van der Waals surface area contributed by atoms with Crippen molar-refractivity contribution in [3.05, 3.63) is 66.4 Å². The van der Waals surface area contributed by atoms with Crippen molar-refractivity contribution < 1.29 is 4.74 Å². The van der Waals surface area contributed by atoms with Crippen LogP contribution in [0.4, 0.5) is 0 Å². The molecule has 0 aliphatic heterocycles. The molecule has 1 heterocycles. The maximum Gasteiger partial charge on any atom is 0.118 e. The highest BCUT2D eigenvalue weighted by atomic mass is 16.5. The number of benzene rings is 2. The maximum absolute atomic E-state index is 5.15. The van der Waals surface area contributed by atoms with Crippen LogP contribution in [0, 0.1) is 12.3 Å². The van der Waals surface area contributed by atoms with Crippen molar-refractivity contribution in [1.82, 2.24) is 4.57 Å². The first-order valence-electron chi connectivity index (χ1n) is 5.88. The molecule has 0 unspecified atom stereocenters. The van der Waals surface area contributed by atoms with E-state index in [9.17, 15) is 0 Å². The Morgan fingerprint density at radius 2 is 1.83 bits per heavy atom. The van der Waals surface area contributed by atoms with Crippen molar-refractivity contribution in [3.63, 3.8) is 0 Å². The molecule has 0 aliphatic rings.